The van der Waals surface area contributed by atoms with Crippen molar-refractivity contribution in [2.45, 2.75) is 10.6 Å². The van der Waals surface area contributed by atoms with Gasteiger partial charge in [0.25, 0.3) is 0 Å². The Morgan fingerprint density at radius 1 is 1.20 bits per heavy atom. The van der Waals surface area contributed by atoms with Gasteiger partial charge in [0.15, 0.2) is 0 Å². The SMILES string of the molecule is O=C(O)c1ccc(F)c(CSc2c(Cl)cccc2Cl)c1. The van der Waals surface area contributed by atoms with Crippen LogP contribution in [0, 0.1) is 5.82 Å². The minimum absolute atomic E-state index is 0.0484. The lowest BCUT2D eigenvalue weighted by Crippen LogP contribution is -1.99. The molecule has 0 atom stereocenters. The summed E-state index contributed by atoms with van der Waals surface area (Å²) >= 11 is 13.3. The number of carboxylic acids is 1. The molecule has 2 rings (SSSR count). The molecule has 0 heterocycles. The molecule has 0 saturated carbocycles. The van der Waals surface area contributed by atoms with E-state index < -0.39 is 11.8 Å². The van der Waals surface area contributed by atoms with Crippen LogP contribution in [0.4, 0.5) is 4.39 Å². The van der Waals surface area contributed by atoms with Gasteiger partial charge in [-0.25, -0.2) is 9.18 Å². The van der Waals surface area contributed by atoms with Crippen molar-refractivity contribution in [3.63, 3.8) is 0 Å². The first-order valence-corrected chi connectivity index (χ1v) is 7.31. The number of carboxylic acid groups (broad SMARTS) is 1. The molecule has 1 N–H and O–H groups in total. The first kappa shape index (κ1) is 15.2. The molecule has 20 heavy (non-hydrogen) atoms. The Bertz CT molecular complexity index is 641. The van der Waals surface area contributed by atoms with Crippen molar-refractivity contribution in [3.8, 4) is 0 Å². The van der Waals surface area contributed by atoms with E-state index in [1.807, 2.05) is 0 Å². The predicted molar refractivity (Wildman–Crippen MR) is 79.4 cm³/mol. The number of hydrogen-bond acceptors (Lipinski definition) is 2. The Morgan fingerprint density at radius 3 is 2.45 bits per heavy atom. The van der Waals surface area contributed by atoms with Gasteiger partial charge in [0, 0.05) is 10.6 Å². The van der Waals surface area contributed by atoms with Gasteiger partial charge in [-0.2, -0.15) is 0 Å². The molecular weight excluding hydrogens is 322 g/mol. The third-order valence-electron chi connectivity index (χ3n) is 2.58. The van der Waals surface area contributed by atoms with Crippen LogP contribution in [-0.4, -0.2) is 11.1 Å². The van der Waals surface area contributed by atoms with Crippen molar-refractivity contribution < 1.29 is 14.3 Å². The number of hydrogen-bond donors (Lipinski definition) is 1. The largest absolute Gasteiger partial charge is 0.478 e. The van der Waals surface area contributed by atoms with Crippen molar-refractivity contribution in [2.24, 2.45) is 0 Å². The van der Waals surface area contributed by atoms with Gasteiger partial charge < -0.3 is 5.11 Å². The monoisotopic (exact) mass is 330 g/mol. The van der Waals surface area contributed by atoms with E-state index in [1.165, 1.54) is 23.9 Å². The van der Waals surface area contributed by atoms with E-state index in [0.29, 0.717) is 20.5 Å². The molecule has 0 saturated heterocycles. The molecule has 0 aromatic heterocycles. The van der Waals surface area contributed by atoms with E-state index in [2.05, 4.69) is 0 Å². The first-order valence-electron chi connectivity index (χ1n) is 5.57. The topological polar surface area (TPSA) is 37.3 Å². The van der Waals surface area contributed by atoms with Crippen LogP contribution in [0.2, 0.25) is 10.0 Å². The molecule has 2 nitrogen and oxygen atoms in total. The van der Waals surface area contributed by atoms with Crippen LogP contribution in [0.15, 0.2) is 41.3 Å². The van der Waals surface area contributed by atoms with Gasteiger partial charge in [0.2, 0.25) is 0 Å². The van der Waals surface area contributed by atoms with E-state index in [4.69, 9.17) is 28.3 Å². The fraction of sp³-hybridized carbons (Fsp3) is 0.0714. The maximum Gasteiger partial charge on any atom is 0.335 e. The first-order chi connectivity index (χ1) is 9.49. The molecular formula is C14H9Cl2FO2S. The second-order valence-electron chi connectivity index (χ2n) is 3.95. The Labute approximate surface area is 129 Å². The fourth-order valence-electron chi connectivity index (χ4n) is 1.59. The molecule has 6 heteroatoms. The molecule has 0 unspecified atom stereocenters. The zero-order valence-electron chi connectivity index (χ0n) is 10.1. The van der Waals surface area contributed by atoms with Crippen molar-refractivity contribution >= 4 is 40.9 Å². The highest BCUT2D eigenvalue weighted by Gasteiger charge is 2.11. The molecule has 0 aliphatic rings. The predicted octanol–water partition coefficient (Wildman–Crippen LogP) is 5.12. The quantitative estimate of drug-likeness (QED) is 0.790. The van der Waals surface area contributed by atoms with Gasteiger partial charge in [-0.1, -0.05) is 29.3 Å². The second kappa shape index (κ2) is 6.48. The average molecular weight is 331 g/mol. The molecule has 0 aliphatic heterocycles. The zero-order chi connectivity index (χ0) is 14.7. The third kappa shape index (κ3) is 3.45. The van der Waals surface area contributed by atoms with Gasteiger partial charge in [-0.15, -0.1) is 11.8 Å². The summed E-state index contributed by atoms with van der Waals surface area (Å²) in [4.78, 5) is 11.5. The van der Waals surface area contributed by atoms with Crippen LogP contribution >= 0.6 is 35.0 Å². The Kier molecular flexibility index (Phi) is 4.91. The van der Waals surface area contributed by atoms with Crippen LogP contribution in [0.3, 0.4) is 0 Å². The molecule has 0 bridgehead atoms. The number of aromatic carboxylic acids is 1. The number of halogens is 3. The second-order valence-corrected chi connectivity index (χ2v) is 5.75. The summed E-state index contributed by atoms with van der Waals surface area (Å²) in [7, 11) is 0. The van der Waals surface area contributed by atoms with Crippen molar-refractivity contribution in [1.29, 1.82) is 0 Å². The summed E-state index contributed by atoms with van der Waals surface area (Å²) < 4.78 is 13.7. The number of carbonyl (C=O) groups is 1. The minimum atomic E-state index is -1.09. The molecule has 0 spiro atoms. The average Bonchev–Trinajstić information content (AvgIpc) is 2.39. The smallest absolute Gasteiger partial charge is 0.335 e. The normalized spacial score (nSPS) is 10.6. The van der Waals surface area contributed by atoms with Crippen LogP contribution in [0.5, 0.6) is 0 Å². The molecule has 0 aliphatic carbocycles. The van der Waals surface area contributed by atoms with Crippen LogP contribution < -0.4 is 0 Å². The maximum absolute atomic E-state index is 13.7. The number of benzene rings is 2. The van der Waals surface area contributed by atoms with E-state index >= 15 is 0 Å². The molecule has 2 aromatic carbocycles. The summed E-state index contributed by atoms with van der Waals surface area (Å²) in [6.07, 6.45) is 0. The van der Waals surface area contributed by atoms with Gasteiger partial charge in [0.1, 0.15) is 5.82 Å². The van der Waals surface area contributed by atoms with E-state index in [1.54, 1.807) is 18.2 Å². The Balaban J connectivity index is 2.23. The highest BCUT2D eigenvalue weighted by Crippen LogP contribution is 2.36. The van der Waals surface area contributed by atoms with Gasteiger partial charge in [0.05, 0.1) is 15.6 Å². The fourth-order valence-corrected chi connectivity index (χ4v) is 3.25. The van der Waals surface area contributed by atoms with Crippen molar-refractivity contribution in [1.82, 2.24) is 0 Å². The summed E-state index contributed by atoms with van der Waals surface area (Å²) in [5, 5.41) is 9.87. The van der Waals surface area contributed by atoms with Crippen LogP contribution in [0.25, 0.3) is 0 Å². The zero-order valence-corrected chi connectivity index (χ0v) is 12.4. The summed E-state index contributed by atoms with van der Waals surface area (Å²) in [6, 6.07) is 8.80. The number of thioether (sulfide) groups is 1. The third-order valence-corrected chi connectivity index (χ3v) is 4.62. The van der Waals surface area contributed by atoms with Crippen LogP contribution in [-0.2, 0) is 5.75 Å². The standard InChI is InChI=1S/C14H9Cl2FO2S/c15-10-2-1-3-11(16)13(10)20-7-9-6-8(14(18)19)4-5-12(9)17/h1-6H,7H2,(H,18,19). The van der Waals surface area contributed by atoms with Gasteiger partial charge in [-0.05, 0) is 35.9 Å². The van der Waals surface area contributed by atoms with Gasteiger partial charge >= 0.3 is 5.97 Å². The van der Waals surface area contributed by atoms with Crippen molar-refractivity contribution in [3.05, 3.63) is 63.4 Å². The molecule has 0 amide bonds. The number of rotatable bonds is 4. The lowest BCUT2D eigenvalue weighted by molar-refractivity contribution is 0.0696. The lowest BCUT2D eigenvalue weighted by atomic mass is 10.1. The molecule has 0 fully saturated rings. The molecule has 2 aromatic rings. The Morgan fingerprint density at radius 2 is 1.85 bits per heavy atom. The van der Waals surface area contributed by atoms with E-state index in [0.717, 1.165) is 6.07 Å². The van der Waals surface area contributed by atoms with Crippen LogP contribution in [0.1, 0.15) is 15.9 Å². The summed E-state index contributed by atoms with van der Waals surface area (Å²) in [5.41, 5.74) is 0.346. The van der Waals surface area contributed by atoms with Crippen molar-refractivity contribution in [2.75, 3.05) is 0 Å². The summed E-state index contributed by atoms with van der Waals surface area (Å²) in [6.45, 7) is 0. The van der Waals surface area contributed by atoms with E-state index in [-0.39, 0.29) is 11.3 Å². The Hall–Kier alpha value is -1.23. The molecule has 0 radical (unpaired) electrons. The summed E-state index contributed by atoms with van der Waals surface area (Å²) in [5.74, 6) is -1.30. The molecule has 104 valence electrons. The lowest BCUT2D eigenvalue weighted by Gasteiger charge is -2.08. The maximum atomic E-state index is 13.7. The minimum Gasteiger partial charge on any atom is -0.478 e. The highest BCUT2D eigenvalue weighted by molar-refractivity contribution is 7.98. The van der Waals surface area contributed by atoms with Gasteiger partial charge in [-0.3, -0.25) is 0 Å². The highest BCUT2D eigenvalue weighted by atomic mass is 35.5. The van der Waals surface area contributed by atoms with E-state index in [9.17, 15) is 9.18 Å².